The Morgan fingerprint density at radius 1 is 1.27 bits per heavy atom. The van der Waals surface area contributed by atoms with Crippen LogP contribution in [0.2, 0.25) is 0 Å². The van der Waals surface area contributed by atoms with E-state index in [1.807, 2.05) is 30.3 Å². The summed E-state index contributed by atoms with van der Waals surface area (Å²) in [7, 11) is 1.75. The van der Waals surface area contributed by atoms with Gasteiger partial charge in [-0.15, -0.1) is 0 Å². The molecule has 0 aromatic heterocycles. The number of hydrogen-bond acceptors (Lipinski definition) is 3. The van der Waals surface area contributed by atoms with Gasteiger partial charge in [0, 0.05) is 22.6 Å². The average molecular weight is 354 g/mol. The number of hydrogen-bond donors (Lipinski definition) is 0. The molecule has 5 heteroatoms. The van der Waals surface area contributed by atoms with Gasteiger partial charge < -0.3 is 4.90 Å². The van der Waals surface area contributed by atoms with Crippen LogP contribution < -0.4 is 4.90 Å². The van der Waals surface area contributed by atoms with Crippen LogP contribution >= 0.6 is 15.9 Å². The molecule has 1 aliphatic heterocycles. The molecule has 2 aromatic carbocycles. The fraction of sp³-hybridized carbons (Fsp3) is 0.118. The zero-order valence-corrected chi connectivity index (χ0v) is 13.5. The minimum atomic E-state index is -0.0602. The van der Waals surface area contributed by atoms with Crippen molar-refractivity contribution in [3.05, 3.63) is 63.6 Å². The van der Waals surface area contributed by atoms with Gasteiger partial charge in [-0.25, -0.2) is 0 Å². The van der Waals surface area contributed by atoms with Gasteiger partial charge in [0.15, 0.2) is 0 Å². The number of benzene rings is 2. The van der Waals surface area contributed by atoms with Crippen molar-refractivity contribution in [2.24, 2.45) is 4.99 Å². The van der Waals surface area contributed by atoms with Crippen molar-refractivity contribution < 1.29 is 4.79 Å². The van der Waals surface area contributed by atoms with E-state index in [0.717, 1.165) is 27.0 Å². The maximum Gasteiger partial charge on any atom is 0.248 e. The van der Waals surface area contributed by atoms with Gasteiger partial charge in [0.2, 0.25) is 5.91 Å². The second-order valence-electron chi connectivity index (χ2n) is 4.97. The highest BCUT2D eigenvalue weighted by Gasteiger charge is 2.22. The predicted molar refractivity (Wildman–Crippen MR) is 89.2 cm³/mol. The summed E-state index contributed by atoms with van der Waals surface area (Å²) in [5.74, 6) is -0.0602. The monoisotopic (exact) mass is 353 g/mol. The number of nitriles is 1. The molecule has 108 valence electrons. The van der Waals surface area contributed by atoms with E-state index in [1.165, 1.54) is 0 Å². The SMILES string of the molecule is CN1C(=O)CN=C(c2cccc(C#N)c2)c2cc(Br)ccc21. The van der Waals surface area contributed by atoms with Crippen LogP contribution in [-0.4, -0.2) is 25.2 Å². The summed E-state index contributed by atoms with van der Waals surface area (Å²) in [5, 5.41) is 9.08. The predicted octanol–water partition coefficient (Wildman–Crippen LogP) is 3.13. The molecular formula is C17H12BrN3O. The number of nitrogens with zero attached hydrogens (tertiary/aromatic N) is 3. The highest BCUT2D eigenvalue weighted by Crippen LogP contribution is 2.29. The topological polar surface area (TPSA) is 56.5 Å². The second-order valence-corrected chi connectivity index (χ2v) is 5.89. The van der Waals surface area contributed by atoms with Gasteiger partial charge >= 0.3 is 0 Å². The second kappa shape index (κ2) is 5.74. The van der Waals surface area contributed by atoms with Crippen molar-refractivity contribution in [2.75, 3.05) is 18.5 Å². The highest BCUT2D eigenvalue weighted by atomic mass is 79.9. The van der Waals surface area contributed by atoms with Crippen LogP contribution in [0.15, 0.2) is 51.9 Å². The zero-order chi connectivity index (χ0) is 15.7. The Hall–Kier alpha value is -2.45. The van der Waals surface area contributed by atoms with E-state index in [-0.39, 0.29) is 12.5 Å². The van der Waals surface area contributed by atoms with Crippen molar-refractivity contribution in [3.8, 4) is 6.07 Å². The van der Waals surface area contributed by atoms with Gasteiger partial charge in [-0.2, -0.15) is 5.26 Å². The first-order valence-corrected chi connectivity index (χ1v) is 7.51. The summed E-state index contributed by atoms with van der Waals surface area (Å²) in [4.78, 5) is 18.2. The Kier molecular flexibility index (Phi) is 3.78. The van der Waals surface area contributed by atoms with Crippen molar-refractivity contribution in [1.29, 1.82) is 5.26 Å². The summed E-state index contributed by atoms with van der Waals surface area (Å²) < 4.78 is 0.915. The third-order valence-electron chi connectivity index (χ3n) is 3.59. The standard InChI is InChI=1S/C17H12BrN3O/c1-21-15-6-5-13(18)8-14(15)17(20-10-16(21)22)12-4-2-3-11(7-12)9-19/h2-8H,10H2,1H3. The molecule has 0 atom stereocenters. The summed E-state index contributed by atoms with van der Waals surface area (Å²) >= 11 is 3.47. The fourth-order valence-electron chi connectivity index (χ4n) is 2.45. The van der Waals surface area contributed by atoms with E-state index < -0.39 is 0 Å². The van der Waals surface area contributed by atoms with Gasteiger partial charge in [0.25, 0.3) is 0 Å². The Balaban J connectivity index is 2.23. The van der Waals surface area contributed by atoms with Gasteiger partial charge in [-0.3, -0.25) is 9.79 Å². The van der Waals surface area contributed by atoms with E-state index in [4.69, 9.17) is 5.26 Å². The van der Waals surface area contributed by atoms with Gasteiger partial charge in [0.1, 0.15) is 6.54 Å². The number of rotatable bonds is 1. The van der Waals surface area contributed by atoms with Crippen LogP contribution in [-0.2, 0) is 4.79 Å². The normalized spacial score (nSPS) is 14.0. The number of anilines is 1. The highest BCUT2D eigenvalue weighted by molar-refractivity contribution is 9.10. The van der Waals surface area contributed by atoms with E-state index in [1.54, 1.807) is 24.1 Å². The minimum Gasteiger partial charge on any atom is -0.313 e. The number of amides is 1. The van der Waals surface area contributed by atoms with Crippen molar-refractivity contribution in [2.45, 2.75) is 0 Å². The van der Waals surface area contributed by atoms with Crippen molar-refractivity contribution >= 4 is 33.2 Å². The summed E-state index contributed by atoms with van der Waals surface area (Å²) in [6, 6.07) is 15.1. The van der Waals surface area contributed by atoms with Crippen LogP contribution in [0.25, 0.3) is 0 Å². The molecule has 1 amide bonds. The lowest BCUT2D eigenvalue weighted by Crippen LogP contribution is -2.27. The molecule has 0 fully saturated rings. The summed E-state index contributed by atoms with van der Waals surface area (Å²) in [6.07, 6.45) is 0. The molecular weight excluding hydrogens is 342 g/mol. The van der Waals surface area contributed by atoms with Crippen molar-refractivity contribution in [1.82, 2.24) is 0 Å². The molecule has 3 rings (SSSR count). The molecule has 0 spiro atoms. The van der Waals surface area contributed by atoms with Crippen LogP contribution in [0.4, 0.5) is 5.69 Å². The third kappa shape index (κ3) is 2.53. The lowest BCUT2D eigenvalue weighted by Gasteiger charge is -2.18. The number of halogens is 1. The maximum absolute atomic E-state index is 12.1. The number of fused-ring (bicyclic) bond motifs is 1. The average Bonchev–Trinajstić information content (AvgIpc) is 2.65. The summed E-state index contributed by atoms with van der Waals surface area (Å²) in [6.45, 7) is 0.0922. The lowest BCUT2D eigenvalue weighted by atomic mass is 9.99. The zero-order valence-electron chi connectivity index (χ0n) is 11.9. The molecule has 0 bridgehead atoms. The quantitative estimate of drug-likeness (QED) is 0.790. The molecule has 22 heavy (non-hydrogen) atoms. The van der Waals surface area contributed by atoms with Crippen LogP contribution in [0.5, 0.6) is 0 Å². The number of carbonyl (C=O) groups excluding carboxylic acids is 1. The Morgan fingerprint density at radius 3 is 2.86 bits per heavy atom. The molecule has 0 N–H and O–H groups in total. The van der Waals surface area contributed by atoms with Crippen LogP contribution in [0.3, 0.4) is 0 Å². The smallest absolute Gasteiger partial charge is 0.248 e. The number of carbonyl (C=O) groups is 1. The summed E-state index contributed by atoms with van der Waals surface area (Å²) in [5.41, 5.74) is 3.82. The Morgan fingerprint density at radius 2 is 2.09 bits per heavy atom. The molecule has 0 radical (unpaired) electrons. The molecule has 0 aliphatic carbocycles. The number of benzodiazepines with no additional fused rings is 1. The third-order valence-corrected chi connectivity index (χ3v) is 4.08. The Bertz CT molecular complexity index is 836. The molecule has 1 heterocycles. The first-order valence-electron chi connectivity index (χ1n) is 6.71. The first kappa shape index (κ1) is 14.5. The number of aliphatic imine (C=N–C) groups is 1. The van der Waals surface area contributed by atoms with Crippen LogP contribution in [0, 0.1) is 11.3 Å². The largest absolute Gasteiger partial charge is 0.313 e. The van der Waals surface area contributed by atoms with E-state index in [9.17, 15) is 4.79 Å². The van der Waals surface area contributed by atoms with Gasteiger partial charge in [0.05, 0.1) is 23.0 Å². The molecule has 2 aromatic rings. The van der Waals surface area contributed by atoms with Gasteiger partial charge in [-0.05, 0) is 30.3 Å². The lowest BCUT2D eigenvalue weighted by molar-refractivity contribution is -0.116. The van der Waals surface area contributed by atoms with Crippen molar-refractivity contribution in [3.63, 3.8) is 0 Å². The fourth-order valence-corrected chi connectivity index (χ4v) is 2.81. The van der Waals surface area contributed by atoms with E-state index in [0.29, 0.717) is 5.56 Å². The molecule has 1 aliphatic rings. The van der Waals surface area contributed by atoms with Gasteiger partial charge in [-0.1, -0.05) is 28.1 Å². The van der Waals surface area contributed by atoms with E-state index in [2.05, 4.69) is 27.0 Å². The first-order chi connectivity index (χ1) is 10.6. The molecule has 0 saturated heterocycles. The molecule has 4 nitrogen and oxygen atoms in total. The molecule has 0 saturated carbocycles. The number of likely N-dealkylation sites (N-methyl/N-ethyl adjacent to an activating group) is 1. The minimum absolute atomic E-state index is 0.0602. The van der Waals surface area contributed by atoms with E-state index >= 15 is 0 Å². The maximum atomic E-state index is 12.1. The van der Waals surface area contributed by atoms with Crippen LogP contribution in [0.1, 0.15) is 16.7 Å². The Labute approximate surface area is 136 Å². The molecule has 0 unspecified atom stereocenters.